The van der Waals surface area contributed by atoms with E-state index < -0.39 is 0 Å². The number of hydrogen-bond acceptors (Lipinski definition) is 2. The zero-order chi connectivity index (χ0) is 15.1. The van der Waals surface area contributed by atoms with E-state index in [9.17, 15) is 4.39 Å². The van der Waals surface area contributed by atoms with E-state index >= 15 is 0 Å². The lowest BCUT2D eigenvalue weighted by atomic mass is 10.1. The summed E-state index contributed by atoms with van der Waals surface area (Å²) in [6.45, 7) is 2.00. The largest absolute Gasteiger partial charge is 0.486 e. The van der Waals surface area contributed by atoms with Crippen LogP contribution in [-0.2, 0) is 6.61 Å². The lowest BCUT2D eigenvalue weighted by Gasteiger charge is -2.10. The van der Waals surface area contributed by atoms with Gasteiger partial charge in [-0.15, -0.1) is 0 Å². The summed E-state index contributed by atoms with van der Waals surface area (Å²) < 4.78 is 19.4. The van der Waals surface area contributed by atoms with E-state index in [4.69, 9.17) is 9.84 Å². The number of halogens is 1. The van der Waals surface area contributed by atoms with Crippen LogP contribution in [0.25, 0.3) is 0 Å². The smallest absolute Gasteiger partial charge is 0.167 e. The van der Waals surface area contributed by atoms with E-state index in [0.29, 0.717) is 12.0 Å². The van der Waals surface area contributed by atoms with Crippen molar-refractivity contribution in [3.63, 3.8) is 0 Å². The Labute approximate surface area is 124 Å². The highest BCUT2D eigenvalue weighted by Crippen LogP contribution is 2.21. The van der Waals surface area contributed by atoms with Crippen molar-refractivity contribution in [1.82, 2.24) is 0 Å². The topological polar surface area (TPSA) is 29.5 Å². The second-order valence-electron chi connectivity index (χ2n) is 4.61. The molecule has 0 unspecified atom stereocenters. The van der Waals surface area contributed by atoms with Crippen molar-refractivity contribution in [3.05, 3.63) is 65.0 Å². The third-order valence-corrected chi connectivity index (χ3v) is 3.02. The molecule has 0 heterocycles. The molecule has 0 saturated heterocycles. The molecule has 0 aromatic heterocycles. The van der Waals surface area contributed by atoms with Crippen LogP contribution in [0.3, 0.4) is 0 Å². The van der Waals surface area contributed by atoms with Crippen LogP contribution < -0.4 is 4.74 Å². The Bertz CT molecular complexity index is 668. The molecule has 0 bridgehead atoms. The first-order valence-corrected chi connectivity index (χ1v) is 6.78. The summed E-state index contributed by atoms with van der Waals surface area (Å²) in [5.41, 5.74) is 2.28. The number of hydrogen-bond donors (Lipinski definition) is 1. The summed E-state index contributed by atoms with van der Waals surface area (Å²) in [6.07, 6.45) is 0.432. The Hall–Kier alpha value is -2.31. The van der Waals surface area contributed by atoms with Crippen molar-refractivity contribution in [1.29, 1.82) is 0 Å². The maximum Gasteiger partial charge on any atom is 0.167 e. The Balaban J connectivity index is 2.14. The van der Waals surface area contributed by atoms with Crippen molar-refractivity contribution in [2.24, 2.45) is 0 Å². The van der Waals surface area contributed by atoms with Crippen molar-refractivity contribution in [2.75, 3.05) is 6.61 Å². The van der Waals surface area contributed by atoms with Crippen molar-refractivity contribution >= 4 is 0 Å². The van der Waals surface area contributed by atoms with Gasteiger partial charge in [-0.2, -0.15) is 0 Å². The van der Waals surface area contributed by atoms with Crippen molar-refractivity contribution in [2.45, 2.75) is 20.0 Å². The molecule has 0 atom stereocenters. The van der Waals surface area contributed by atoms with Gasteiger partial charge in [-0.3, -0.25) is 0 Å². The van der Waals surface area contributed by atoms with E-state index in [2.05, 4.69) is 11.8 Å². The minimum Gasteiger partial charge on any atom is -0.486 e. The molecule has 3 heteroatoms. The summed E-state index contributed by atoms with van der Waals surface area (Å²) in [4.78, 5) is 0. The van der Waals surface area contributed by atoms with Gasteiger partial charge in [-0.05, 0) is 24.6 Å². The second-order valence-corrected chi connectivity index (χ2v) is 4.61. The zero-order valence-corrected chi connectivity index (χ0v) is 11.9. The number of benzene rings is 2. The van der Waals surface area contributed by atoms with Crippen LogP contribution in [0.4, 0.5) is 4.39 Å². The van der Waals surface area contributed by atoms with Crippen LogP contribution in [0, 0.1) is 24.6 Å². The Morgan fingerprint density at radius 2 is 1.95 bits per heavy atom. The quantitative estimate of drug-likeness (QED) is 0.871. The number of aryl methyl sites for hydroxylation is 1. The van der Waals surface area contributed by atoms with Gasteiger partial charge in [0.2, 0.25) is 0 Å². The van der Waals surface area contributed by atoms with Crippen molar-refractivity contribution < 1.29 is 14.2 Å². The second kappa shape index (κ2) is 7.47. The third-order valence-electron chi connectivity index (χ3n) is 3.02. The van der Waals surface area contributed by atoms with E-state index in [-0.39, 0.29) is 24.8 Å². The molecule has 0 aliphatic carbocycles. The third kappa shape index (κ3) is 4.08. The number of aliphatic hydroxyl groups excluding tert-OH is 1. The summed E-state index contributed by atoms with van der Waals surface area (Å²) >= 11 is 0. The summed E-state index contributed by atoms with van der Waals surface area (Å²) in [6, 6.07) is 12.6. The summed E-state index contributed by atoms with van der Waals surface area (Å²) in [5, 5.41) is 8.75. The average Bonchev–Trinajstić information content (AvgIpc) is 2.50. The highest BCUT2D eigenvalue weighted by molar-refractivity contribution is 5.41. The van der Waals surface area contributed by atoms with Gasteiger partial charge in [-0.1, -0.05) is 42.2 Å². The SMILES string of the molecule is Cc1cccc(OCc2ccccc2C#CCCO)c1F. The van der Waals surface area contributed by atoms with Crippen LogP contribution >= 0.6 is 0 Å². The fourth-order valence-corrected chi connectivity index (χ4v) is 1.87. The van der Waals surface area contributed by atoms with Crippen molar-refractivity contribution in [3.8, 4) is 17.6 Å². The molecule has 0 spiro atoms. The summed E-state index contributed by atoms with van der Waals surface area (Å²) in [5.74, 6) is 5.79. The van der Waals surface area contributed by atoms with Gasteiger partial charge in [0, 0.05) is 17.5 Å². The molecule has 0 fully saturated rings. The number of aliphatic hydroxyl groups is 1. The average molecular weight is 284 g/mol. The zero-order valence-electron chi connectivity index (χ0n) is 11.9. The first kappa shape index (κ1) is 15.1. The predicted octanol–water partition coefficient (Wildman–Crippen LogP) is 3.45. The van der Waals surface area contributed by atoms with E-state index in [1.54, 1.807) is 25.1 Å². The first-order chi connectivity index (χ1) is 10.2. The molecule has 2 rings (SSSR count). The fraction of sp³-hybridized carbons (Fsp3) is 0.222. The number of rotatable bonds is 4. The lowest BCUT2D eigenvalue weighted by Crippen LogP contribution is -2.00. The molecule has 108 valence electrons. The Kier molecular flexibility index (Phi) is 5.36. The molecule has 21 heavy (non-hydrogen) atoms. The van der Waals surface area contributed by atoms with E-state index in [1.165, 1.54) is 0 Å². The fourth-order valence-electron chi connectivity index (χ4n) is 1.87. The normalized spacial score (nSPS) is 9.86. The monoisotopic (exact) mass is 284 g/mol. The van der Waals surface area contributed by atoms with Crippen LogP contribution in [-0.4, -0.2) is 11.7 Å². The van der Waals surface area contributed by atoms with Gasteiger partial charge in [0.25, 0.3) is 0 Å². The van der Waals surface area contributed by atoms with Gasteiger partial charge in [0.1, 0.15) is 6.61 Å². The molecular weight excluding hydrogens is 267 g/mol. The molecule has 2 nitrogen and oxygen atoms in total. The summed E-state index contributed by atoms with van der Waals surface area (Å²) in [7, 11) is 0. The van der Waals surface area contributed by atoms with Gasteiger partial charge in [-0.25, -0.2) is 4.39 Å². The lowest BCUT2D eigenvalue weighted by molar-refractivity contribution is 0.289. The molecule has 0 aliphatic rings. The molecule has 1 N–H and O–H groups in total. The van der Waals surface area contributed by atoms with Gasteiger partial charge in [0.15, 0.2) is 11.6 Å². The maximum absolute atomic E-state index is 13.9. The molecule has 0 amide bonds. The standard InChI is InChI=1S/C18H17FO2/c1-14-7-6-11-17(18(14)19)21-13-16-10-3-2-8-15(16)9-4-5-12-20/h2-3,6-8,10-11,20H,5,12-13H2,1H3. The highest BCUT2D eigenvalue weighted by atomic mass is 19.1. The first-order valence-electron chi connectivity index (χ1n) is 6.78. The van der Waals surface area contributed by atoms with Crippen LogP contribution in [0.5, 0.6) is 5.75 Å². The van der Waals surface area contributed by atoms with Crippen LogP contribution in [0.2, 0.25) is 0 Å². The Morgan fingerprint density at radius 3 is 2.76 bits per heavy atom. The predicted molar refractivity (Wildman–Crippen MR) is 80.5 cm³/mol. The Morgan fingerprint density at radius 1 is 1.14 bits per heavy atom. The maximum atomic E-state index is 13.9. The molecule has 2 aromatic carbocycles. The molecule has 0 saturated carbocycles. The molecule has 0 radical (unpaired) electrons. The van der Waals surface area contributed by atoms with Gasteiger partial charge in [0.05, 0.1) is 6.61 Å². The van der Waals surface area contributed by atoms with E-state index in [0.717, 1.165) is 11.1 Å². The van der Waals surface area contributed by atoms with Crippen LogP contribution in [0.15, 0.2) is 42.5 Å². The van der Waals surface area contributed by atoms with Gasteiger partial charge < -0.3 is 9.84 Å². The number of ether oxygens (including phenoxy) is 1. The van der Waals surface area contributed by atoms with Crippen LogP contribution in [0.1, 0.15) is 23.1 Å². The van der Waals surface area contributed by atoms with Gasteiger partial charge >= 0.3 is 0 Å². The molecular formula is C18H17FO2. The molecule has 2 aromatic rings. The molecule has 0 aliphatic heterocycles. The van der Waals surface area contributed by atoms with E-state index in [1.807, 2.05) is 24.3 Å². The highest BCUT2D eigenvalue weighted by Gasteiger charge is 2.07. The minimum absolute atomic E-state index is 0.0418. The minimum atomic E-state index is -0.332.